The molecule has 0 aliphatic rings. The number of benzene rings is 2. The second-order valence-electron chi connectivity index (χ2n) is 7.03. The molecule has 1 atom stereocenters. The van der Waals surface area contributed by atoms with Crippen LogP contribution in [0.5, 0.6) is 0 Å². The number of nitrogens with one attached hydrogen (secondary N) is 2. The molecule has 142 valence electrons. The van der Waals surface area contributed by atoms with Crippen molar-refractivity contribution in [2.75, 3.05) is 5.32 Å². The highest BCUT2D eigenvalue weighted by Crippen LogP contribution is 2.21. The lowest BCUT2D eigenvalue weighted by Crippen LogP contribution is -2.34. The molecule has 2 heterocycles. The SMILES string of the molecule is CC(C)c1nc2ccc(NC(=O)[C@@H](C)n3nnc4ccccc4c3=O)cc2[nH]1. The van der Waals surface area contributed by atoms with Crippen molar-refractivity contribution < 1.29 is 4.79 Å². The van der Waals surface area contributed by atoms with Gasteiger partial charge in [-0.15, -0.1) is 5.10 Å². The van der Waals surface area contributed by atoms with E-state index in [9.17, 15) is 9.59 Å². The average molecular weight is 376 g/mol. The quantitative estimate of drug-likeness (QED) is 0.570. The number of aromatic nitrogens is 5. The van der Waals surface area contributed by atoms with E-state index in [1.807, 2.05) is 12.1 Å². The normalized spacial score (nSPS) is 12.6. The number of anilines is 1. The van der Waals surface area contributed by atoms with E-state index in [4.69, 9.17) is 0 Å². The maximum absolute atomic E-state index is 12.7. The van der Waals surface area contributed by atoms with Crippen molar-refractivity contribution >= 4 is 33.5 Å². The van der Waals surface area contributed by atoms with Crippen LogP contribution in [0.1, 0.15) is 38.6 Å². The molecule has 0 bridgehead atoms. The first-order valence-electron chi connectivity index (χ1n) is 9.09. The Bertz CT molecular complexity index is 1240. The first kappa shape index (κ1) is 17.8. The van der Waals surface area contributed by atoms with Crippen molar-refractivity contribution in [1.82, 2.24) is 25.0 Å². The van der Waals surface area contributed by atoms with E-state index in [0.717, 1.165) is 21.5 Å². The van der Waals surface area contributed by atoms with Gasteiger partial charge in [0.25, 0.3) is 5.56 Å². The Morgan fingerprint density at radius 2 is 1.89 bits per heavy atom. The molecule has 4 rings (SSSR count). The van der Waals surface area contributed by atoms with Crippen LogP contribution in [0.4, 0.5) is 5.69 Å². The Labute approximate surface area is 160 Å². The maximum atomic E-state index is 12.7. The molecule has 0 saturated heterocycles. The van der Waals surface area contributed by atoms with Crippen molar-refractivity contribution in [2.24, 2.45) is 0 Å². The Morgan fingerprint density at radius 3 is 2.68 bits per heavy atom. The summed E-state index contributed by atoms with van der Waals surface area (Å²) in [7, 11) is 0. The van der Waals surface area contributed by atoms with E-state index in [2.05, 4.69) is 39.4 Å². The summed E-state index contributed by atoms with van der Waals surface area (Å²) in [5.74, 6) is 0.822. The summed E-state index contributed by atoms with van der Waals surface area (Å²) in [5.41, 5.74) is 2.45. The van der Waals surface area contributed by atoms with Crippen LogP contribution < -0.4 is 10.9 Å². The zero-order chi connectivity index (χ0) is 19.8. The minimum atomic E-state index is -0.812. The third kappa shape index (κ3) is 3.13. The molecular weight excluding hydrogens is 356 g/mol. The molecule has 2 aromatic carbocycles. The average Bonchev–Trinajstić information content (AvgIpc) is 3.12. The fourth-order valence-electron chi connectivity index (χ4n) is 2.99. The molecule has 1 amide bonds. The van der Waals surface area contributed by atoms with Gasteiger partial charge in [-0.25, -0.2) is 4.98 Å². The van der Waals surface area contributed by atoms with Crippen molar-refractivity contribution in [2.45, 2.75) is 32.7 Å². The maximum Gasteiger partial charge on any atom is 0.278 e. The lowest BCUT2D eigenvalue weighted by Gasteiger charge is -2.13. The summed E-state index contributed by atoms with van der Waals surface area (Å²) in [5, 5.41) is 11.2. The summed E-state index contributed by atoms with van der Waals surface area (Å²) in [6.45, 7) is 5.74. The number of carbonyl (C=O) groups is 1. The van der Waals surface area contributed by atoms with Crippen LogP contribution in [0, 0.1) is 0 Å². The minimum absolute atomic E-state index is 0.281. The molecule has 0 aliphatic heterocycles. The van der Waals surface area contributed by atoms with Gasteiger partial charge in [-0.1, -0.05) is 31.2 Å². The van der Waals surface area contributed by atoms with Crippen LogP contribution in [0.3, 0.4) is 0 Å². The van der Waals surface area contributed by atoms with Crippen LogP contribution >= 0.6 is 0 Å². The summed E-state index contributed by atoms with van der Waals surface area (Å²) in [6.07, 6.45) is 0. The number of imidazole rings is 1. The molecule has 0 spiro atoms. The van der Waals surface area contributed by atoms with Gasteiger partial charge in [0, 0.05) is 11.6 Å². The lowest BCUT2D eigenvalue weighted by atomic mass is 10.2. The van der Waals surface area contributed by atoms with Gasteiger partial charge in [-0.05, 0) is 37.3 Å². The highest BCUT2D eigenvalue weighted by atomic mass is 16.2. The van der Waals surface area contributed by atoms with Crippen molar-refractivity contribution in [3.63, 3.8) is 0 Å². The highest BCUT2D eigenvalue weighted by Gasteiger charge is 2.19. The second-order valence-corrected chi connectivity index (χ2v) is 7.03. The van der Waals surface area contributed by atoms with Crippen molar-refractivity contribution in [3.05, 3.63) is 58.6 Å². The Balaban J connectivity index is 1.60. The molecule has 28 heavy (non-hydrogen) atoms. The second kappa shape index (κ2) is 6.88. The number of aromatic amines is 1. The number of amides is 1. The summed E-state index contributed by atoms with van der Waals surface area (Å²) >= 11 is 0. The monoisotopic (exact) mass is 376 g/mol. The number of fused-ring (bicyclic) bond motifs is 2. The van der Waals surface area contributed by atoms with Gasteiger partial charge in [0.05, 0.1) is 16.4 Å². The number of rotatable bonds is 4. The van der Waals surface area contributed by atoms with Gasteiger partial charge in [0.2, 0.25) is 5.91 Å². The molecule has 0 radical (unpaired) electrons. The van der Waals surface area contributed by atoms with Crippen molar-refractivity contribution in [1.29, 1.82) is 0 Å². The standard InChI is InChI=1S/C20H20N6O2/c1-11(2)18-22-16-9-8-13(10-17(16)23-18)21-19(27)12(3)26-20(28)14-6-4-5-7-15(14)24-25-26/h4-12H,1-3H3,(H,21,27)(H,22,23)/t12-/m1/s1. The van der Waals surface area contributed by atoms with E-state index in [0.29, 0.717) is 16.6 Å². The van der Waals surface area contributed by atoms with Gasteiger partial charge in [0.15, 0.2) is 0 Å². The van der Waals surface area contributed by atoms with Gasteiger partial charge < -0.3 is 10.3 Å². The molecule has 2 N–H and O–H groups in total. The third-order valence-electron chi connectivity index (χ3n) is 4.65. The molecule has 4 aromatic rings. The first-order chi connectivity index (χ1) is 13.4. The lowest BCUT2D eigenvalue weighted by molar-refractivity contribution is -0.119. The van der Waals surface area contributed by atoms with E-state index in [1.54, 1.807) is 37.3 Å². The Kier molecular flexibility index (Phi) is 4.38. The predicted octanol–water partition coefficient (Wildman–Crippen LogP) is 2.99. The Hall–Kier alpha value is -3.55. The van der Waals surface area contributed by atoms with Gasteiger partial charge in [0.1, 0.15) is 17.4 Å². The smallest absolute Gasteiger partial charge is 0.278 e. The first-order valence-corrected chi connectivity index (χ1v) is 9.09. The van der Waals surface area contributed by atoms with E-state index in [-0.39, 0.29) is 17.4 Å². The van der Waals surface area contributed by atoms with E-state index < -0.39 is 6.04 Å². The highest BCUT2D eigenvalue weighted by molar-refractivity contribution is 5.95. The number of H-pyrrole nitrogens is 1. The Morgan fingerprint density at radius 1 is 1.11 bits per heavy atom. The largest absolute Gasteiger partial charge is 0.342 e. The van der Waals surface area contributed by atoms with Crippen LogP contribution in [-0.2, 0) is 4.79 Å². The summed E-state index contributed by atoms with van der Waals surface area (Å²) in [4.78, 5) is 33.1. The molecule has 0 aliphatic carbocycles. The van der Waals surface area contributed by atoms with Crippen LogP contribution in [-0.4, -0.2) is 30.9 Å². The van der Waals surface area contributed by atoms with Crippen LogP contribution in [0.2, 0.25) is 0 Å². The minimum Gasteiger partial charge on any atom is -0.342 e. The number of nitrogens with zero attached hydrogens (tertiary/aromatic N) is 4. The van der Waals surface area contributed by atoms with E-state index in [1.165, 1.54) is 0 Å². The fraction of sp³-hybridized carbons (Fsp3) is 0.250. The zero-order valence-electron chi connectivity index (χ0n) is 15.8. The summed E-state index contributed by atoms with van der Waals surface area (Å²) < 4.78 is 1.10. The third-order valence-corrected chi connectivity index (χ3v) is 4.65. The van der Waals surface area contributed by atoms with Gasteiger partial charge in [-0.3, -0.25) is 9.59 Å². The number of hydrogen-bond donors (Lipinski definition) is 2. The zero-order valence-corrected chi connectivity index (χ0v) is 15.8. The van der Waals surface area contributed by atoms with Crippen molar-refractivity contribution in [3.8, 4) is 0 Å². The van der Waals surface area contributed by atoms with Crippen LogP contribution in [0.15, 0.2) is 47.3 Å². The summed E-state index contributed by atoms with van der Waals surface area (Å²) in [6, 6.07) is 11.6. The molecular formula is C20H20N6O2. The number of carbonyl (C=O) groups excluding carboxylic acids is 1. The van der Waals surface area contributed by atoms with Crippen LogP contribution in [0.25, 0.3) is 21.9 Å². The van der Waals surface area contributed by atoms with Gasteiger partial charge in [-0.2, -0.15) is 4.68 Å². The number of hydrogen-bond acceptors (Lipinski definition) is 5. The van der Waals surface area contributed by atoms with Gasteiger partial charge >= 0.3 is 0 Å². The molecule has 0 saturated carbocycles. The topological polar surface area (TPSA) is 106 Å². The molecule has 8 nitrogen and oxygen atoms in total. The predicted molar refractivity (Wildman–Crippen MR) is 107 cm³/mol. The molecule has 0 fully saturated rings. The molecule has 8 heteroatoms. The molecule has 2 aromatic heterocycles. The fourth-order valence-corrected chi connectivity index (χ4v) is 2.99. The van der Waals surface area contributed by atoms with E-state index >= 15 is 0 Å². The molecule has 0 unspecified atom stereocenters.